The standard InChI is InChI=1S/C24H16ClN3O6/c25-20-13-16(8-11-21(20)34-14-15-6-9-18(10-7-15)28(32)33)12-19-22(29)26-24(31)27(23(19)30)17-4-2-1-3-5-17/h1-13H,14H2,(H,26,29,31)/b19-12+. The van der Waals surface area contributed by atoms with Gasteiger partial charge in [-0.05, 0) is 53.6 Å². The summed E-state index contributed by atoms with van der Waals surface area (Å²) in [4.78, 5) is 48.6. The molecule has 3 aromatic rings. The molecule has 170 valence electrons. The molecular weight excluding hydrogens is 462 g/mol. The van der Waals surface area contributed by atoms with E-state index in [1.165, 1.54) is 24.3 Å². The van der Waals surface area contributed by atoms with Crippen LogP contribution in [0.1, 0.15) is 11.1 Å². The van der Waals surface area contributed by atoms with Crippen molar-refractivity contribution in [3.05, 3.63) is 105 Å². The first-order valence-electron chi connectivity index (χ1n) is 9.95. The van der Waals surface area contributed by atoms with Crippen molar-refractivity contribution in [2.24, 2.45) is 0 Å². The molecule has 0 aliphatic carbocycles. The molecule has 1 heterocycles. The van der Waals surface area contributed by atoms with E-state index in [0.29, 0.717) is 22.6 Å². The molecule has 10 heteroatoms. The lowest BCUT2D eigenvalue weighted by Gasteiger charge is -2.26. The van der Waals surface area contributed by atoms with Crippen molar-refractivity contribution in [1.82, 2.24) is 5.32 Å². The molecular formula is C24H16ClN3O6. The van der Waals surface area contributed by atoms with Gasteiger partial charge in [-0.15, -0.1) is 0 Å². The Hall–Kier alpha value is -4.50. The quantitative estimate of drug-likeness (QED) is 0.242. The molecule has 1 aliphatic heterocycles. The van der Waals surface area contributed by atoms with Crippen LogP contribution in [0.3, 0.4) is 0 Å². The number of para-hydroxylation sites is 1. The third-order valence-corrected chi connectivity index (χ3v) is 5.22. The molecule has 0 bridgehead atoms. The fourth-order valence-corrected chi connectivity index (χ4v) is 3.48. The third-order valence-electron chi connectivity index (χ3n) is 4.92. The number of barbiturate groups is 1. The summed E-state index contributed by atoms with van der Waals surface area (Å²) in [7, 11) is 0. The normalized spacial score (nSPS) is 14.8. The van der Waals surface area contributed by atoms with Gasteiger partial charge < -0.3 is 4.74 Å². The number of hydrogen-bond acceptors (Lipinski definition) is 6. The maximum Gasteiger partial charge on any atom is 0.335 e. The number of nitrogens with one attached hydrogen (secondary N) is 1. The molecule has 4 rings (SSSR count). The van der Waals surface area contributed by atoms with Crippen molar-refractivity contribution < 1.29 is 24.0 Å². The van der Waals surface area contributed by atoms with E-state index in [2.05, 4.69) is 5.32 Å². The van der Waals surface area contributed by atoms with Gasteiger partial charge in [0.05, 0.1) is 15.6 Å². The number of nitro groups is 1. The number of imide groups is 2. The average molecular weight is 478 g/mol. The molecule has 0 unspecified atom stereocenters. The first kappa shape index (κ1) is 22.7. The van der Waals surface area contributed by atoms with Crippen LogP contribution in [0.4, 0.5) is 16.2 Å². The Labute approximate surface area is 198 Å². The lowest BCUT2D eigenvalue weighted by atomic mass is 10.1. The third kappa shape index (κ3) is 4.79. The summed E-state index contributed by atoms with van der Waals surface area (Å²) in [5.41, 5.74) is 1.25. The molecule has 0 spiro atoms. The Bertz CT molecular complexity index is 1320. The average Bonchev–Trinajstić information content (AvgIpc) is 2.82. The van der Waals surface area contributed by atoms with E-state index in [0.717, 1.165) is 4.90 Å². The monoisotopic (exact) mass is 477 g/mol. The van der Waals surface area contributed by atoms with Gasteiger partial charge in [0.1, 0.15) is 17.9 Å². The number of carbonyl (C=O) groups excluding carboxylic acids is 3. The Kier molecular flexibility index (Phi) is 6.37. The maximum absolute atomic E-state index is 12.9. The highest BCUT2D eigenvalue weighted by atomic mass is 35.5. The number of rotatable bonds is 6. The molecule has 1 fully saturated rings. The highest BCUT2D eigenvalue weighted by Crippen LogP contribution is 2.28. The summed E-state index contributed by atoms with van der Waals surface area (Å²) in [6, 6.07) is 18.0. The summed E-state index contributed by atoms with van der Waals surface area (Å²) in [6.45, 7) is 0.132. The van der Waals surface area contributed by atoms with Crippen molar-refractivity contribution in [1.29, 1.82) is 0 Å². The number of benzene rings is 3. The SMILES string of the molecule is O=C1NC(=O)N(c2ccccc2)C(=O)/C1=C/c1ccc(OCc2ccc([N+](=O)[O-])cc2)c(Cl)c1. The predicted molar refractivity (Wildman–Crippen MR) is 124 cm³/mol. The second-order valence-electron chi connectivity index (χ2n) is 7.20. The van der Waals surface area contributed by atoms with Crippen LogP contribution in [0.2, 0.25) is 5.02 Å². The van der Waals surface area contributed by atoms with E-state index in [4.69, 9.17) is 16.3 Å². The van der Waals surface area contributed by atoms with Crippen molar-refractivity contribution >= 4 is 46.9 Å². The van der Waals surface area contributed by atoms with Crippen LogP contribution in [0, 0.1) is 10.1 Å². The number of ether oxygens (including phenoxy) is 1. The number of amides is 4. The lowest BCUT2D eigenvalue weighted by molar-refractivity contribution is -0.384. The number of nitro benzene ring substituents is 1. The molecule has 0 saturated carbocycles. The fraction of sp³-hybridized carbons (Fsp3) is 0.0417. The van der Waals surface area contributed by atoms with Gasteiger partial charge in [-0.1, -0.05) is 35.9 Å². The minimum absolute atomic E-state index is 0.0204. The van der Waals surface area contributed by atoms with Crippen molar-refractivity contribution in [3.8, 4) is 5.75 Å². The highest BCUT2D eigenvalue weighted by molar-refractivity contribution is 6.39. The zero-order chi connectivity index (χ0) is 24.2. The highest BCUT2D eigenvalue weighted by Gasteiger charge is 2.36. The summed E-state index contributed by atoms with van der Waals surface area (Å²) in [5, 5.41) is 13.1. The number of anilines is 1. The van der Waals surface area contributed by atoms with Gasteiger partial charge in [0, 0.05) is 12.1 Å². The van der Waals surface area contributed by atoms with Crippen LogP contribution in [0.25, 0.3) is 6.08 Å². The van der Waals surface area contributed by atoms with Gasteiger partial charge in [0.25, 0.3) is 17.5 Å². The second-order valence-corrected chi connectivity index (χ2v) is 7.60. The number of urea groups is 1. The van der Waals surface area contributed by atoms with Gasteiger partial charge in [-0.3, -0.25) is 25.0 Å². The summed E-state index contributed by atoms with van der Waals surface area (Å²) < 4.78 is 5.68. The van der Waals surface area contributed by atoms with Crippen LogP contribution >= 0.6 is 11.6 Å². The minimum atomic E-state index is -0.827. The predicted octanol–water partition coefficient (Wildman–Crippen LogP) is 4.49. The Morgan fingerprint density at radius 2 is 1.71 bits per heavy atom. The topological polar surface area (TPSA) is 119 Å². The molecule has 1 aliphatic rings. The summed E-state index contributed by atoms with van der Waals surface area (Å²) >= 11 is 6.31. The van der Waals surface area contributed by atoms with Crippen LogP contribution < -0.4 is 15.0 Å². The second kappa shape index (κ2) is 9.55. The maximum atomic E-state index is 12.9. The summed E-state index contributed by atoms with van der Waals surface area (Å²) in [6.07, 6.45) is 1.34. The van der Waals surface area contributed by atoms with E-state index < -0.39 is 22.8 Å². The molecule has 0 atom stereocenters. The molecule has 9 nitrogen and oxygen atoms in total. The van der Waals surface area contributed by atoms with E-state index in [9.17, 15) is 24.5 Å². The van der Waals surface area contributed by atoms with Gasteiger partial charge >= 0.3 is 6.03 Å². The minimum Gasteiger partial charge on any atom is -0.487 e. The Morgan fingerprint density at radius 3 is 2.35 bits per heavy atom. The Balaban J connectivity index is 1.52. The van der Waals surface area contributed by atoms with Crippen molar-refractivity contribution in [3.63, 3.8) is 0 Å². The van der Waals surface area contributed by atoms with Crippen LogP contribution in [0.15, 0.2) is 78.4 Å². The van der Waals surface area contributed by atoms with E-state index >= 15 is 0 Å². The first-order valence-corrected chi connectivity index (χ1v) is 10.3. The molecule has 1 N–H and O–H groups in total. The zero-order valence-corrected chi connectivity index (χ0v) is 18.2. The van der Waals surface area contributed by atoms with Gasteiger partial charge in [0.15, 0.2) is 0 Å². The molecule has 34 heavy (non-hydrogen) atoms. The van der Waals surface area contributed by atoms with E-state index in [-0.39, 0.29) is 22.9 Å². The van der Waals surface area contributed by atoms with Gasteiger partial charge in [-0.2, -0.15) is 0 Å². The molecule has 0 radical (unpaired) electrons. The largest absolute Gasteiger partial charge is 0.487 e. The number of hydrogen-bond donors (Lipinski definition) is 1. The molecule has 1 saturated heterocycles. The van der Waals surface area contributed by atoms with E-state index in [1.807, 2.05) is 0 Å². The zero-order valence-electron chi connectivity index (χ0n) is 17.4. The molecule has 4 amide bonds. The first-order chi connectivity index (χ1) is 16.3. The van der Waals surface area contributed by atoms with E-state index in [1.54, 1.807) is 54.6 Å². The number of carbonyl (C=O) groups is 3. The number of nitrogens with zero attached hydrogens (tertiary/aromatic N) is 2. The molecule has 3 aromatic carbocycles. The molecule has 0 aromatic heterocycles. The number of halogens is 1. The fourth-order valence-electron chi connectivity index (χ4n) is 3.23. The smallest absolute Gasteiger partial charge is 0.335 e. The van der Waals surface area contributed by atoms with Gasteiger partial charge in [0.2, 0.25) is 0 Å². The Morgan fingerprint density at radius 1 is 1.00 bits per heavy atom. The van der Waals surface area contributed by atoms with Crippen LogP contribution in [-0.4, -0.2) is 22.8 Å². The summed E-state index contributed by atoms with van der Waals surface area (Å²) in [5.74, 6) is -1.21. The lowest BCUT2D eigenvalue weighted by Crippen LogP contribution is -2.54. The van der Waals surface area contributed by atoms with Crippen molar-refractivity contribution in [2.75, 3.05) is 4.90 Å². The van der Waals surface area contributed by atoms with Crippen LogP contribution in [0.5, 0.6) is 5.75 Å². The van der Waals surface area contributed by atoms with Crippen LogP contribution in [-0.2, 0) is 16.2 Å². The van der Waals surface area contributed by atoms with Crippen molar-refractivity contribution in [2.45, 2.75) is 6.61 Å². The van der Waals surface area contributed by atoms with Gasteiger partial charge in [-0.25, -0.2) is 9.69 Å². The number of non-ortho nitro benzene ring substituents is 1.